The van der Waals surface area contributed by atoms with Gasteiger partial charge in [-0.05, 0) is 30.9 Å². The molecule has 18 heteroatoms. The topological polar surface area (TPSA) is 210 Å². The molecule has 62 heavy (non-hydrogen) atoms. The fourth-order valence-electron chi connectivity index (χ4n) is 8.19. The third-order valence-electron chi connectivity index (χ3n) is 11.1. The largest absolute Gasteiger partial charge is 0.477 e. The fourth-order valence-corrected chi connectivity index (χ4v) is 9.93. The fraction of sp³-hybridized carbons (Fsp3) is 0.273. The molecule has 4 N–H and O–H groups in total. The van der Waals surface area contributed by atoms with Crippen LogP contribution in [-0.2, 0) is 34.4 Å². The average Bonchev–Trinajstić information content (AvgIpc) is 4.04. The van der Waals surface area contributed by atoms with E-state index in [4.69, 9.17) is 15.3 Å². The summed E-state index contributed by atoms with van der Waals surface area (Å²) in [6, 6.07) is 26.8. The summed E-state index contributed by atoms with van der Waals surface area (Å²) in [5.74, 6) is -3.10. The Morgan fingerprint density at radius 1 is 0.984 bits per heavy atom. The van der Waals surface area contributed by atoms with Gasteiger partial charge in [-0.25, -0.2) is 9.59 Å². The molecule has 3 atom stereocenters. The van der Waals surface area contributed by atoms with Crippen LogP contribution in [0.3, 0.4) is 0 Å². The molecule has 0 saturated carbocycles. The van der Waals surface area contributed by atoms with Gasteiger partial charge >= 0.3 is 12.1 Å². The van der Waals surface area contributed by atoms with Gasteiger partial charge in [-0.1, -0.05) is 109 Å². The number of carboxylic acid groups (broad SMARTS) is 1. The summed E-state index contributed by atoms with van der Waals surface area (Å²) < 4.78 is 9.48. The molecule has 0 spiro atoms. The summed E-state index contributed by atoms with van der Waals surface area (Å²) in [6.45, 7) is 4.91. The molecular weight excluding hydrogens is 833 g/mol. The zero-order chi connectivity index (χ0) is 43.4. The van der Waals surface area contributed by atoms with Crippen molar-refractivity contribution in [1.29, 1.82) is 0 Å². The first-order chi connectivity index (χ1) is 30.1. The molecule has 5 heterocycles. The predicted molar refractivity (Wildman–Crippen MR) is 231 cm³/mol. The minimum Gasteiger partial charge on any atom is -0.477 e. The van der Waals surface area contributed by atoms with E-state index in [1.807, 2.05) is 91.0 Å². The van der Waals surface area contributed by atoms with Crippen LogP contribution in [0.1, 0.15) is 41.8 Å². The monoisotopic (exact) mass is 874 g/mol. The van der Waals surface area contributed by atoms with Crippen LogP contribution in [0, 0.1) is 0 Å². The third kappa shape index (κ3) is 8.05. The number of β-lactam (4-membered cyclic amide) rings is 1. The number of rotatable bonds is 14. The normalized spacial score (nSPS) is 20.8. The van der Waals surface area contributed by atoms with Crippen LogP contribution >= 0.6 is 23.3 Å². The molecule has 0 radical (unpaired) electrons. The van der Waals surface area contributed by atoms with Crippen molar-refractivity contribution in [2.45, 2.75) is 42.3 Å². The third-order valence-corrected chi connectivity index (χ3v) is 12.9. The predicted octanol–water partition coefficient (Wildman–Crippen LogP) is 4.52. The number of fused-ring (bicyclic) bond motifs is 1. The zero-order valence-electron chi connectivity index (χ0n) is 33.3. The number of carbonyl (C=O) groups is 5. The van der Waals surface area contributed by atoms with Crippen molar-refractivity contribution >= 4 is 63.9 Å². The van der Waals surface area contributed by atoms with E-state index in [0.717, 1.165) is 29.3 Å². The van der Waals surface area contributed by atoms with Gasteiger partial charge in [0.25, 0.3) is 11.8 Å². The number of likely N-dealkylation sites (tertiary alicyclic amines) is 2. The molecule has 4 amide bonds. The molecule has 318 valence electrons. The Hall–Kier alpha value is -6.79. The van der Waals surface area contributed by atoms with Gasteiger partial charge in [0.2, 0.25) is 23.0 Å². The summed E-state index contributed by atoms with van der Waals surface area (Å²) in [7, 11) is 0. The van der Waals surface area contributed by atoms with Gasteiger partial charge in [0.1, 0.15) is 23.7 Å². The second-order valence-corrected chi connectivity index (χ2v) is 16.7. The van der Waals surface area contributed by atoms with E-state index in [1.165, 1.54) is 17.8 Å². The number of nitrogen functional groups attached to an aromatic ring is 1. The summed E-state index contributed by atoms with van der Waals surface area (Å²) in [4.78, 5) is 82.3. The average molecular weight is 875 g/mol. The van der Waals surface area contributed by atoms with Gasteiger partial charge < -0.3 is 35.5 Å². The zero-order valence-corrected chi connectivity index (χ0v) is 34.9. The number of aromatic nitrogens is 2. The smallest absolute Gasteiger partial charge is 0.410 e. The Bertz CT molecular complexity index is 2380. The van der Waals surface area contributed by atoms with Crippen LogP contribution in [0.25, 0.3) is 0 Å². The molecule has 3 fully saturated rings. The SMILES string of the molecule is C=CCOC(=O)N1CCC[C@H]1CN1CC/C(=C\C2=C(C(=O)O)N3C(=O)[C@@H](NC(=O)/C(=N\OC(c4ccccc4)(c4ccccc4)c4ccccc4)c4nsc(N)n4)[C@H]3SC2)C1=O. The van der Waals surface area contributed by atoms with E-state index >= 15 is 0 Å². The number of carbonyl (C=O) groups excluding carboxylic acids is 4. The lowest BCUT2D eigenvalue weighted by Gasteiger charge is -2.49. The van der Waals surface area contributed by atoms with Crippen molar-refractivity contribution < 1.29 is 38.7 Å². The number of nitrogens with zero attached hydrogens (tertiary/aromatic N) is 6. The van der Waals surface area contributed by atoms with Crippen LogP contribution in [-0.4, -0.2) is 114 Å². The number of amides is 4. The molecular formula is C44H42N8O8S2. The number of nitrogens with one attached hydrogen (secondary N) is 1. The van der Waals surface area contributed by atoms with Crippen molar-refractivity contribution in [3.8, 4) is 0 Å². The summed E-state index contributed by atoms with van der Waals surface area (Å²) >= 11 is 2.10. The number of allylic oxidation sites excluding steroid dienone is 1. The van der Waals surface area contributed by atoms with Crippen molar-refractivity contribution in [2.75, 3.05) is 37.7 Å². The molecule has 3 saturated heterocycles. The van der Waals surface area contributed by atoms with Crippen LogP contribution in [0.5, 0.6) is 0 Å². The van der Waals surface area contributed by atoms with Crippen molar-refractivity contribution in [1.82, 2.24) is 29.4 Å². The molecule has 0 aliphatic carbocycles. The number of hydrogen-bond acceptors (Lipinski definition) is 13. The number of oxime groups is 1. The molecule has 0 unspecified atom stereocenters. The van der Waals surface area contributed by atoms with E-state index in [1.54, 1.807) is 15.9 Å². The van der Waals surface area contributed by atoms with E-state index in [2.05, 4.69) is 26.4 Å². The number of thioether (sulfide) groups is 1. The van der Waals surface area contributed by atoms with E-state index < -0.39 is 40.9 Å². The number of nitrogens with two attached hydrogens (primary N) is 1. The Kier molecular flexibility index (Phi) is 12.2. The van der Waals surface area contributed by atoms with Crippen LogP contribution in [0.15, 0.2) is 132 Å². The highest BCUT2D eigenvalue weighted by molar-refractivity contribution is 8.00. The molecule has 4 aliphatic heterocycles. The van der Waals surface area contributed by atoms with Crippen molar-refractivity contribution in [3.63, 3.8) is 0 Å². The molecule has 4 aromatic rings. The first-order valence-corrected chi connectivity index (χ1v) is 21.7. The second-order valence-electron chi connectivity index (χ2n) is 14.8. The highest BCUT2D eigenvalue weighted by Crippen LogP contribution is 2.43. The first kappa shape index (κ1) is 41.9. The van der Waals surface area contributed by atoms with Crippen LogP contribution in [0.4, 0.5) is 9.93 Å². The van der Waals surface area contributed by atoms with Gasteiger partial charge in [-0.3, -0.25) is 19.3 Å². The molecule has 3 aromatic carbocycles. The standard InChI is InChI=1S/C44H42N8O8S2/c1-2-23-59-43(58)51-21-12-19-32(51)25-50-22-20-27(38(50)54)24-28-26-61-40-34(39(55)52(40)35(28)41(56)57)46-37(53)33(36-47-42(45)62-49-36)48-60-44(29-13-6-3-7-14-29,30-15-8-4-9-16-30)31-17-10-5-11-18-31/h2-11,13-18,24,32,34,40H,1,12,19-23,25-26H2,(H,46,53)(H,56,57)(H2,45,47,49)/b27-24+,48-33-/t32-,34+,40+/m0/s1. The Balaban J connectivity index is 1.03. The van der Waals surface area contributed by atoms with Crippen molar-refractivity contribution in [3.05, 3.63) is 149 Å². The number of hydrogen-bond donors (Lipinski definition) is 3. The lowest BCUT2D eigenvalue weighted by atomic mass is 9.80. The van der Waals surface area contributed by atoms with Gasteiger partial charge in [-0.15, -0.1) is 11.8 Å². The van der Waals surface area contributed by atoms with Crippen LogP contribution in [0.2, 0.25) is 0 Å². The minimum absolute atomic E-state index is 0.0703. The molecule has 16 nitrogen and oxygen atoms in total. The quantitative estimate of drug-likeness (QED) is 0.0399. The Morgan fingerprint density at radius 3 is 2.21 bits per heavy atom. The van der Waals surface area contributed by atoms with E-state index in [9.17, 15) is 29.1 Å². The number of benzene rings is 3. The number of carboxylic acids is 1. The summed E-state index contributed by atoms with van der Waals surface area (Å²) in [6.07, 6.45) is 4.46. The minimum atomic E-state index is -1.36. The highest BCUT2D eigenvalue weighted by Gasteiger charge is 2.54. The van der Waals surface area contributed by atoms with E-state index in [0.29, 0.717) is 53.9 Å². The lowest BCUT2D eigenvalue weighted by molar-refractivity contribution is -0.150. The summed E-state index contributed by atoms with van der Waals surface area (Å²) in [5.41, 5.74) is 6.82. The second kappa shape index (κ2) is 18.1. The van der Waals surface area contributed by atoms with Gasteiger partial charge in [0.05, 0.1) is 6.04 Å². The van der Waals surface area contributed by atoms with Gasteiger partial charge in [0.15, 0.2) is 5.13 Å². The maximum Gasteiger partial charge on any atom is 0.410 e. The number of anilines is 1. The van der Waals surface area contributed by atoms with Crippen molar-refractivity contribution in [2.24, 2.45) is 5.16 Å². The maximum absolute atomic E-state index is 14.3. The van der Waals surface area contributed by atoms with Crippen LogP contribution < -0.4 is 11.1 Å². The first-order valence-electron chi connectivity index (χ1n) is 19.9. The maximum atomic E-state index is 14.3. The highest BCUT2D eigenvalue weighted by atomic mass is 32.2. The van der Waals surface area contributed by atoms with Gasteiger partial charge in [-0.2, -0.15) is 9.36 Å². The lowest BCUT2D eigenvalue weighted by Crippen LogP contribution is -2.71. The Morgan fingerprint density at radius 2 is 1.63 bits per heavy atom. The molecule has 1 aromatic heterocycles. The molecule has 8 rings (SSSR count). The van der Waals surface area contributed by atoms with E-state index in [-0.39, 0.29) is 46.7 Å². The molecule has 4 aliphatic rings. The number of aliphatic carboxylic acids is 1. The Labute approximate surface area is 364 Å². The summed E-state index contributed by atoms with van der Waals surface area (Å²) in [5, 5.41) is 16.9. The number of ether oxygens (including phenoxy) is 1. The molecule has 0 bridgehead atoms. The van der Waals surface area contributed by atoms with Gasteiger partial charge in [0, 0.05) is 59.2 Å².